The van der Waals surface area contributed by atoms with Crippen LogP contribution in [0.4, 0.5) is 0 Å². The Labute approximate surface area is 138 Å². The molecule has 1 atom stereocenters. The van der Waals surface area contributed by atoms with E-state index in [0.29, 0.717) is 30.4 Å². The van der Waals surface area contributed by atoms with Gasteiger partial charge in [-0.3, -0.25) is 4.79 Å². The van der Waals surface area contributed by atoms with E-state index < -0.39 is 22.0 Å². The third-order valence-electron chi connectivity index (χ3n) is 3.66. The standard InChI is InChI=1S/C14H17N3O4S2/c1-9(2)21-14(18)11-6-4-8-17(11)23(19,20)12-7-3-5-10-13(12)16-22-15-10/h3,5,7,9,11H,4,6,8H2,1-2H3. The van der Waals surface area contributed by atoms with Crippen LogP contribution in [0.2, 0.25) is 0 Å². The normalized spacial score (nSPS) is 19.5. The SMILES string of the molecule is CC(C)OC(=O)C1CCCN1S(=O)(=O)c1cccc2nsnc12. The molecule has 0 aliphatic carbocycles. The van der Waals surface area contributed by atoms with E-state index in [4.69, 9.17) is 4.74 Å². The van der Waals surface area contributed by atoms with Crippen molar-refractivity contribution in [1.82, 2.24) is 13.1 Å². The van der Waals surface area contributed by atoms with Gasteiger partial charge in [0.1, 0.15) is 22.0 Å². The molecule has 0 N–H and O–H groups in total. The molecule has 2 heterocycles. The first-order valence-corrected chi connectivity index (χ1v) is 9.52. The molecule has 1 fully saturated rings. The van der Waals surface area contributed by atoms with Gasteiger partial charge in [-0.25, -0.2) is 8.42 Å². The molecule has 0 radical (unpaired) electrons. The maximum absolute atomic E-state index is 13.0. The summed E-state index contributed by atoms with van der Waals surface area (Å²) in [7, 11) is -3.83. The van der Waals surface area contributed by atoms with E-state index in [0.717, 1.165) is 11.7 Å². The average molecular weight is 355 g/mol. The molecule has 1 unspecified atom stereocenters. The number of nitrogens with zero attached hydrogens (tertiary/aromatic N) is 3. The number of benzene rings is 1. The fraction of sp³-hybridized carbons (Fsp3) is 0.500. The van der Waals surface area contributed by atoms with Crippen LogP contribution in [0.5, 0.6) is 0 Å². The zero-order chi connectivity index (χ0) is 16.6. The van der Waals surface area contributed by atoms with Crippen molar-refractivity contribution in [2.75, 3.05) is 6.54 Å². The lowest BCUT2D eigenvalue weighted by atomic mass is 10.2. The van der Waals surface area contributed by atoms with E-state index in [9.17, 15) is 13.2 Å². The molecule has 7 nitrogen and oxygen atoms in total. The molecule has 23 heavy (non-hydrogen) atoms. The summed E-state index contributed by atoms with van der Waals surface area (Å²) in [6.45, 7) is 3.79. The monoisotopic (exact) mass is 355 g/mol. The van der Waals surface area contributed by atoms with E-state index in [-0.39, 0.29) is 11.0 Å². The van der Waals surface area contributed by atoms with Crippen molar-refractivity contribution < 1.29 is 17.9 Å². The van der Waals surface area contributed by atoms with Crippen molar-refractivity contribution in [2.24, 2.45) is 0 Å². The molecule has 0 saturated carbocycles. The third kappa shape index (κ3) is 2.96. The molecule has 1 saturated heterocycles. The fourth-order valence-corrected chi connectivity index (χ4v) is 5.09. The minimum Gasteiger partial charge on any atom is -0.462 e. The van der Waals surface area contributed by atoms with Crippen molar-refractivity contribution in [3.63, 3.8) is 0 Å². The molecule has 0 spiro atoms. The largest absolute Gasteiger partial charge is 0.462 e. The summed E-state index contributed by atoms with van der Waals surface area (Å²) in [6, 6.07) is 4.08. The van der Waals surface area contributed by atoms with Gasteiger partial charge in [0, 0.05) is 6.54 Å². The Bertz CT molecular complexity index is 831. The number of ether oxygens (including phenoxy) is 1. The molecule has 1 aromatic heterocycles. The van der Waals surface area contributed by atoms with Crippen LogP contribution in [0, 0.1) is 0 Å². The van der Waals surface area contributed by atoms with Crippen LogP contribution < -0.4 is 0 Å². The van der Waals surface area contributed by atoms with Crippen LogP contribution in [0.3, 0.4) is 0 Å². The number of hydrogen-bond acceptors (Lipinski definition) is 7. The molecule has 9 heteroatoms. The van der Waals surface area contributed by atoms with Gasteiger partial charge in [0.15, 0.2) is 0 Å². The average Bonchev–Trinajstić information content (AvgIpc) is 3.15. The summed E-state index contributed by atoms with van der Waals surface area (Å²) < 4.78 is 40.6. The van der Waals surface area contributed by atoms with Gasteiger partial charge in [-0.2, -0.15) is 13.1 Å². The summed E-state index contributed by atoms with van der Waals surface area (Å²) >= 11 is 0.967. The first-order valence-electron chi connectivity index (χ1n) is 7.35. The first-order chi connectivity index (χ1) is 10.9. The molecule has 0 amide bonds. The Morgan fingerprint density at radius 1 is 1.39 bits per heavy atom. The van der Waals surface area contributed by atoms with Crippen LogP contribution in [0.1, 0.15) is 26.7 Å². The highest BCUT2D eigenvalue weighted by Gasteiger charge is 2.41. The van der Waals surface area contributed by atoms with E-state index in [1.54, 1.807) is 26.0 Å². The lowest BCUT2D eigenvalue weighted by Crippen LogP contribution is -2.42. The predicted molar refractivity (Wildman–Crippen MR) is 85.6 cm³/mol. The Balaban J connectivity index is 1.98. The molecule has 0 bridgehead atoms. The Morgan fingerprint density at radius 3 is 2.91 bits per heavy atom. The van der Waals surface area contributed by atoms with Crippen molar-refractivity contribution in [3.8, 4) is 0 Å². The number of hydrogen-bond donors (Lipinski definition) is 0. The number of rotatable bonds is 4. The number of fused-ring (bicyclic) bond motifs is 1. The highest BCUT2D eigenvalue weighted by molar-refractivity contribution is 7.89. The Kier molecular flexibility index (Phi) is 4.35. The van der Waals surface area contributed by atoms with Crippen LogP contribution in [0.15, 0.2) is 23.1 Å². The van der Waals surface area contributed by atoms with Gasteiger partial charge in [-0.05, 0) is 38.8 Å². The minimum absolute atomic E-state index is 0.0907. The van der Waals surface area contributed by atoms with Crippen LogP contribution >= 0.6 is 11.7 Å². The third-order valence-corrected chi connectivity index (χ3v) is 6.15. The second kappa shape index (κ2) is 6.14. The summed E-state index contributed by atoms with van der Waals surface area (Å²) in [6.07, 6.45) is 0.817. The first kappa shape index (κ1) is 16.3. The summed E-state index contributed by atoms with van der Waals surface area (Å²) in [5, 5.41) is 0. The van der Waals surface area contributed by atoms with E-state index in [2.05, 4.69) is 8.75 Å². The van der Waals surface area contributed by atoms with Gasteiger partial charge in [0.25, 0.3) is 0 Å². The smallest absolute Gasteiger partial charge is 0.324 e. The molecule has 3 rings (SSSR count). The van der Waals surface area contributed by atoms with Crippen molar-refractivity contribution >= 4 is 38.8 Å². The molecule has 1 aliphatic heterocycles. The molecule has 124 valence electrons. The topological polar surface area (TPSA) is 89.5 Å². The lowest BCUT2D eigenvalue weighted by molar-refractivity contribution is -0.151. The number of sulfonamides is 1. The fourth-order valence-electron chi connectivity index (χ4n) is 2.69. The van der Waals surface area contributed by atoms with Crippen LogP contribution in [-0.2, 0) is 19.6 Å². The second-order valence-corrected chi connectivity index (χ2v) is 8.03. The molecule has 1 aliphatic rings. The van der Waals surface area contributed by atoms with E-state index in [1.165, 1.54) is 10.4 Å². The summed E-state index contributed by atoms with van der Waals surface area (Å²) in [5.74, 6) is -0.496. The lowest BCUT2D eigenvalue weighted by Gasteiger charge is -2.23. The number of esters is 1. The van der Waals surface area contributed by atoms with Gasteiger partial charge in [-0.1, -0.05) is 6.07 Å². The highest BCUT2D eigenvalue weighted by Crippen LogP contribution is 2.30. The quantitative estimate of drug-likeness (QED) is 0.777. The summed E-state index contributed by atoms with van der Waals surface area (Å²) in [4.78, 5) is 12.3. The van der Waals surface area contributed by atoms with Crippen molar-refractivity contribution in [1.29, 1.82) is 0 Å². The van der Waals surface area contributed by atoms with E-state index in [1.807, 2.05) is 0 Å². The van der Waals surface area contributed by atoms with Gasteiger partial charge in [0.2, 0.25) is 10.0 Å². The van der Waals surface area contributed by atoms with Gasteiger partial charge in [0.05, 0.1) is 17.8 Å². The van der Waals surface area contributed by atoms with Crippen LogP contribution in [-0.4, -0.2) is 46.1 Å². The molecule has 2 aromatic rings. The van der Waals surface area contributed by atoms with Crippen molar-refractivity contribution in [2.45, 2.75) is 43.7 Å². The predicted octanol–water partition coefficient (Wildman–Crippen LogP) is 1.80. The van der Waals surface area contributed by atoms with Crippen molar-refractivity contribution in [3.05, 3.63) is 18.2 Å². The maximum Gasteiger partial charge on any atom is 0.324 e. The van der Waals surface area contributed by atoms with Crippen LogP contribution in [0.25, 0.3) is 11.0 Å². The van der Waals surface area contributed by atoms with Gasteiger partial charge in [-0.15, -0.1) is 0 Å². The minimum atomic E-state index is -3.83. The number of carbonyl (C=O) groups is 1. The molecular weight excluding hydrogens is 338 g/mol. The molecular formula is C14H17N3O4S2. The highest BCUT2D eigenvalue weighted by atomic mass is 32.2. The Morgan fingerprint density at radius 2 is 2.17 bits per heavy atom. The second-order valence-electron chi connectivity index (χ2n) is 5.65. The van der Waals surface area contributed by atoms with Gasteiger partial charge >= 0.3 is 5.97 Å². The number of carbonyl (C=O) groups excluding carboxylic acids is 1. The zero-order valence-corrected chi connectivity index (χ0v) is 14.4. The maximum atomic E-state index is 13.0. The Hall–Kier alpha value is -1.58. The summed E-state index contributed by atoms with van der Waals surface area (Å²) in [5.41, 5.74) is 0.886. The van der Waals surface area contributed by atoms with E-state index >= 15 is 0 Å². The zero-order valence-electron chi connectivity index (χ0n) is 12.8. The number of aromatic nitrogens is 2. The molecule has 1 aromatic carbocycles. The van der Waals surface area contributed by atoms with Gasteiger partial charge < -0.3 is 4.74 Å².